The van der Waals surface area contributed by atoms with Gasteiger partial charge in [-0.2, -0.15) is 0 Å². The summed E-state index contributed by atoms with van der Waals surface area (Å²) in [6.45, 7) is 3.02. The first-order valence-electron chi connectivity index (χ1n) is 7.31. The zero-order valence-electron chi connectivity index (χ0n) is 12.0. The molecular weight excluding hydrogens is 264 g/mol. The normalized spacial score (nSPS) is 18.8. The van der Waals surface area contributed by atoms with Gasteiger partial charge in [0.15, 0.2) is 0 Å². The van der Waals surface area contributed by atoms with Crippen molar-refractivity contribution in [2.75, 3.05) is 13.1 Å². The van der Waals surface area contributed by atoms with Gasteiger partial charge < -0.3 is 9.84 Å². The van der Waals surface area contributed by atoms with Crippen LogP contribution in [0.1, 0.15) is 17.5 Å². The first kappa shape index (κ1) is 14.0. The molecule has 0 saturated carbocycles. The van der Waals surface area contributed by atoms with E-state index < -0.39 is 0 Å². The molecule has 0 radical (unpaired) electrons. The SMILES string of the molecule is OCc1ccc(CN2CCC(Oc3cccnc3)C2)cc1. The van der Waals surface area contributed by atoms with Gasteiger partial charge in [-0.1, -0.05) is 24.3 Å². The number of hydrogen-bond donors (Lipinski definition) is 1. The van der Waals surface area contributed by atoms with Crippen molar-refractivity contribution < 1.29 is 9.84 Å². The van der Waals surface area contributed by atoms with Gasteiger partial charge in [-0.25, -0.2) is 0 Å². The molecule has 1 fully saturated rings. The van der Waals surface area contributed by atoms with Crippen LogP contribution >= 0.6 is 0 Å². The molecule has 1 unspecified atom stereocenters. The fourth-order valence-electron chi connectivity index (χ4n) is 2.65. The van der Waals surface area contributed by atoms with E-state index in [-0.39, 0.29) is 12.7 Å². The Morgan fingerprint density at radius 1 is 1.19 bits per heavy atom. The minimum atomic E-state index is 0.102. The predicted molar refractivity (Wildman–Crippen MR) is 80.9 cm³/mol. The van der Waals surface area contributed by atoms with Gasteiger partial charge in [0.05, 0.1) is 12.8 Å². The highest BCUT2D eigenvalue weighted by Crippen LogP contribution is 2.19. The highest BCUT2D eigenvalue weighted by Gasteiger charge is 2.23. The van der Waals surface area contributed by atoms with Crippen molar-refractivity contribution in [1.82, 2.24) is 9.88 Å². The summed E-state index contributed by atoms with van der Waals surface area (Å²) in [5, 5.41) is 9.06. The zero-order valence-corrected chi connectivity index (χ0v) is 12.0. The topological polar surface area (TPSA) is 45.6 Å². The molecule has 21 heavy (non-hydrogen) atoms. The fourth-order valence-corrected chi connectivity index (χ4v) is 2.65. The Morgan fingerprint density at radius 3 is 2.71 bits per heavy atom. The maximum absolute atomic E-state index is 9.06. The molecular formula is C17H20N2O2. The predicted octanol–water partition coefficient (Wildman–Crippen LogP) is 2.23. The van der Waals surface area contributed by atoms with Crippen molar-refractivity contribution in [2.24, 2.45) is 0 Å². The highest BCUT2D eigenvalue weighted by molar-refractivity contribution is 5.22. The first-order valence-corrected chi connectivity index (χ1v) is 7.31. The minimum absolute atomic E-state index is 0.102. The van der Waals surface area contributed by atoms with Crippen LogP contribution in [0.4, 0.5) is 0 Å². The molecule has 1 atom stereocenters. The van der Waals surface area contributed by atoms with Crippen LogP contribution in [0.15, 0.2) is 48.8 Å². The van der Waals surface area contributed by atoms with Crippen LogP contribution in [0.5, 0.6) is 5.75 Å². The Kier molecular flexibility index (Phi) is 4.48. The average Bonchev–Trinajstić information content (AvgIpc) is 2.96. The number of aromatic nitrogens is 1. The number of likely N-dealkylation sites (tertiary alicyclic amines) is 1. The summed E-state index contributed by atoms with van der Waals surface area (Å²) in [7, 11) is 0. The van der Waals surface area contributed by atoms with Gasteiger partial charge in [0.2, 0.25) is 0 Å². The second kappa shape index (κ2) is 6.70. The molecule has 4 nitrogen and oxygen atoms in total. The number of nitrogens with zero attached hydrogens (tertiary/aromatic N) is 2. The molecule has 4 heteroatoms. The fraction of sp³-hybridized carbons (Fsp3) is 0.353. The van der Waals surface area contributed by atoms with Crippen molar-refractivity contribution in [3.63, 3.8) is 0 Å². The summed E-state index contributed by atoms with van der Waals surface area (Å²) in [5.74, 6) is 0.844. The Labute approximate surface area is 125 Å². The number of hydrogen-bond acceptors (Lipinski definition) is 4. The lowest BCUT2D eigenvalue weighted by atomic mass is 10.1. The molecule has 2 aromatic rings. The van der Waals surface area contributed by atoms with E-state index in [1.54, 1.807) is 12.4 Å². The van der Waals surface area contributed by atoms with Gasteiger partial charge in [0, 0.05) is 25.8 Å². The summed E-state index contributed by atoms with van der Waals surface area (Å²) in [5.41, 5.74) is 2.23. The molecule has 2 heterocycles. The third-order valence-corrected chi connectivity index (χ3v) is 3.78. The van der Waals surface area contributed by atoms with Crippen molar-refractivity contribution >= 4 is 0 Å². The number of pyridine rings is 1. The van der Waals surface area contributed by atoms with Crippen molar-refractivity contribution in [3.05, 3.63) is 59.9 Å². The van der Waals surface area contributed by atoms with Gasteiger partial charge in [0.1, 0.15) is 11.9 Å². The van der Waals surface area contributed by atoms with Crippen LogP contribution in [0.3, 0.4) is 0 Å². The molecule has 3 rings (SSSR count). The summed E-state index contributed by atoms with van der Waals surface area (Å²) < 4.78 is 5.94. The van der Waals surface area contributed by atoms with E-state index in [0.29, 0.717) is 0 Å². The Bertz CT molecular complexity index is 557. The maximum Gasteiger partial charge on any atom is 0.138 e. The molecule has 1 aliphatic rings. The number of rotatable bonds is 5. The minimum Gasteiger partial charge on any atom is -0.487 e. The van der Waals surface area contributed by atoms with Crippen LogP contribution in [0.2, 0.25) is 0 Å². The maximum atomic E-state index is 9.06. The molecule has 0 bridgehead atoms. The molecule has 1 saturated heterocycles. The molecule has 0 aliphatic carbocycles. The lowest BCUT2D eigenvalue weighted by molar-refractivity contribution is 0.197. The lowest BCUT2D eigenvalue weighted by Gasteiger charge is -2.17. The summed E-state index contributed by atoms with van der Waals surface area (Å²) in [6, 6.07) is 12.0. The Balaban J connectivity index is 1.52. The molecule has 0 spiro atoms. The van der Waals surface area contributed by atoms with E-state index in [4.69, 9.17) is 9.84 Å². The number of ether oxygens (including phenoxy) is 1. The van der Waals surface area contributed by atoms with Gasteiger partial charge >= 0.3 is 0 Å². The molecule has 1 aromatic carbocycles. The summed E-state index contributed by atoms with van der Waals surface area (Å²) in [4.78, 5) is 6.47. The second-order valence-electron chi connectivity index (χ2n) is 5.43. The lowest BCUT2D eigenvalue weighted by Crippen LogP contribution is -2.24. The second-order valence-corrected chi connectivity index (χ2v) is 5.43. The number of benzene rings is 1. The molecule has 1 aromatic heterocycles. The summed E-state index contributed by atoms with van der Waals surface area (Å²) >= 11 is 0. The van der Waals surface area contributed by atoms with E-state index >= 15 is 0 Å². The van der Waals surface area contributed by atoms with Crippen LogP contribution in [-0.2, 0) is 13.2 Å². The van der Waals surface area contributed by atoms with Gasteiger partial charge in [-0.3, -0.25) is 9.88 Å². The van der Waals surface area contributed by atoms with E-state index in [1.165, 1.54) is 5.56 Å². The monoisotopic (exact) mass is 284 g/mol. The van der Waals surface area contributed by atoms with Gasteiger partial charge in [-0.05, 0) is 29.7 Å². The van der Waals surface area contributed by atoms with Crippen molar-refractivity contribution in [2.45, 2.75) is 25.7 Å². The van der Waals surface area contributed by atoms with Crippen LogP contribution in [0, 0.1) is 0 Å². The van der Waals surface area contributed by atoms with Gasteiger partial charge in [0.25, 0.3) is 0 Å². The molecule has 110 valence electrons. The van der Waals surface area contributed by atoms with E-state index in [1.807, 2.05) is 24.3 Å². The van der Waals surface area contributed by atoms with E-state index in [0.717, 1.165) is 37.4 Å². The van der Waals surface area contributed by atoms with E-state index in [9.17, 15) is 0 Å². The quantitative estimate of drug-likeness (QED) is 0.914. The van der Waals surface area contributed by atoms with Crippen LogP contribution in [0.25, 0.3) is 0 Å². The first-order chi connectivity index (χ1) is 10.3. The summed E-state index contributed by atoms with van der Waals surface area (Å²) in [6.07, 6.45) is 4.80. The number of aliphatic hydroxyl groups is 1. The largest absolute Gasteiger partial charge is 0.487 e. The van der Waals surface area contributed by atoms with Crippen molar-refractivity contribution in [3.8, 4) is 5.75 Å². The standard InChI is InChI=1S/C17H20N2O2/c20-13-15-5-3-14(4-6-15)11-19-9-7-17(12-19)21-16-2-1-8-18-10-16/h1-6,8,10,17,20H,7,9,11-13H2. The Hall–Kier alpha value is -1.91. The van der Waals surface area contributed by atoms with Crippen molar-refractivity contribution in [1.29, 1.82) is 0 Å². The van der Waals surface area contributed by atoms with Crippen LogP contribution < -0.4 is 4.74 Å². The Morgan fingerprint density at radius 2 is 2.00 bits per heavy atom. The molecule has 1 aliphatic heterocycles. The molecule has 1 N–H and O–H groups in total. The third kappa shape index (κ3) is 3.80. The van der Waals surface area contributed by atoms with Crippen LogP contribution in [-0.4, -0.2) is 34.2 Å². The number of aliphatic hydroxyl groups excluding tert-OH is 1. The smallest absolute Gasteiger partial charge is 0.138 e. The average molecular weight is 284 g/mol. The highest BCUT2D eigenvalue weighted by atomic mass is 16.5. The third-order valence-electron chi connectivity index (χ3n) is 3.78. The zero-order chi connectivity index (χ0) is 14.5. The molecule has 0 amide bonds. The van der Waals surface area contributed by atoms with Gasteiger partial charge in [-0.15, -0.1) is 0 Å². The van der Waals surface area contributed by atoms with E-state index in [2.05, 4.69) is 22.0 Å².